The summed E-state index contributed by atoms with van der Waals surface area (Å²) in [7, 11) is 0. The molecule has 0 radical (unpaired) electrons. The number of hydrogen-bond donors (Lipinski definition) is 2. The van der Waals surface area contributed by atoms with Crippen LogP contribution in [0.1, 0.15) is 17.2 Å². The van der Waals surface area contributed by atoms with E-state index in [-0.39, 0.29) is 11.6 Å². The highest BCUT2D eigenvalue weighted by atomic mass is 16.5. The van der Waals surface area contributed by atoms with E-state index in [4.69, 9.17) is 14.9 Å². The summed E-state index contributed by atoms with van der Waals surface area (Å²) in [6.45, 7) is 0. The smallest absolute Gasteiger partial charge is 0.205 e. The lowest BCUT2D eigenvalue weighted by atomic mass is 9.87. The number of rotatable bonds is 1. The first-order chi connectivity index (χ1) is 9.20. The average molecular weight is 254 g/mol. The highest BCUT2D eigenvalue weighted by Gasteiger charge is 2.32. The SMILES string of the molecule is N#CC1=C(N)Oc2cc(O)ccc2[C@@H]1c1ccco1. The van der Waals surface area contributed by atoms with E-state index in [9.17, 15) is 10.4 Å². The molecule has 2 heterocycles. The van der Waals surface area contributed by atoms with Gasteiger partial charge >= 0.3 is 0 Å². The predicted octanol–water partition coefficient (Wildman–Crippen LogP) is 2.20. The molecule has 3 rings (SSSR count). The highest BCUT2D eigenvalue weighted by Crippen LogP contribution is 2.43. The van der Waals surface area contributed by atoms with Crippen molar-refractivity contribution < 1.29 is 14.3 Å². The van der Waals surface area contributed by atoms with Gasteiger partial charge in [-0.15, -0.1) is 0 Å². The molecule has 19 heavy (non-hydrogen) atoms. The third kappa shape index (κ3) is 1.70. The third-order valence-corrected chi connectivity index (χ3v) is 3.03. The van der Waals surface area contributed by atoms with Crippen LogP contribution in [-0.4, -0.2) is 5.11 Å². The van der Waals surface area contributed by atoms with Gasteiger partial charge in [0.25, 0.3) is 0 Å². The molecule has 5 nitrogen and oxygen atoms in total. The second-order valence-electron chi connectivity index (χ2n) is 4.16. The van der Waals surface area contributed by atoms with Gasteiger partial charge in [0.05, 0.1) is 12.2 Å². The molecule has 3 N–H and O–H groups in total. The lowest BCUT2D eigenvalue weighted by Crippen LogP contribution is -2.20. The Morgan fingerprint density at radius 3 is 2.84 bits per heavy atom. The summed E-state index contributed by atoms with van der Waals surface area (Å²) in [5, 5.41) is 18.7. The van der Waals surface area contributed by atoms with Crippen LogP contribution >= 0.6 is 0 Å². The molecule has 1 aromatic heterocycles. The van der Waals surface area contributed by atoms with Crippen LogP contribution < -0.4 is 10.5 Å². The largest absolute Gasteiger partial charge is 0.508 e. The molecule has 2 aromatic rings. The molecule has 0 amide bonds. The third-order valence-electron chi connectivity index (χ3n) is 3.03. The summed E-state index contributed by atoms with van der Waals surface area (Å²) in [5.74, 6) is 0.726. The van der Waals surface area contributed by atoms with Crippen molar-refractivity contribution in [1.29, 1.82) is 5.26 Å². The minimum Gasteiger partial charge on any atom is -0.508 e. The summed E-state index contributed by atoms with van der Waals surface area (Å²) in [6.07, 6.45) is 1.54. The van der Waals surface area contributed by atoms with Crippen molar-refractivity contribution in [2.45, 2.75) is 5.92 Å². The zero-order valence-electron chi connectivity index (χ0n) is 9.83. The number of nitrogens with zero attached hydrogens (tertiary/aromatic N) is 1. The number of hydrogen-bond acceptors (Lipinski definition) is 5. The van der Waals surface area contributed by atoms with Gasteiger partial charge in [-0.1, -0.05) is 6.07 Å². The summed E-state index contributed by atoms with van der Waals surface area (Å²) < 4.78 is 10.8. The Morgan fingerprint density at radius 1 is 1.32 bits per heavy atom. The van der Waals surface area contributed by atoms with E-state index < -0.39 is 5.92 Å². The number of aromatic hydroxyl groups is 1. The first kappa shape index (κ1) is 11.2. The summed E-state index contributed by atoms with van der Waals surface area (Å²) in [4.78, 5) is 0. The number of furan rings is 1. The lowest BCUT2D eigenvalue weighted by molar-refractivity contribution is 0.379. The zero-order chi connectivity index (χ0) is 13.4. The maximum absolute atomic E-state index is 9.49. The van der Waals surface area contributed by atoms with Gasteiger partial charge in [-0.2, -0.15) is 5.26 Å². The Balaban J connectivity index is 2.23. The molecular weight excluding hydrogens is 244 g/mol. The lowest BCUT2D eigenvalue weighted by Gasteiger charge is -2.24. The number of benzene rings is 1. The van der Waals surface area contributed by atoms with Gasteiger partial charge in [0.15, 0.2) is 0 Å². The van der Waals surface area contributed by atoms with Gasteiger partial charge in [0.1, 0.15) is 28.9 Å². The van der Waals surface area contributed by atoms with Crippen LogP contribution in [0.2, 0.25) is 0 Å². The second kappa shape index (κ2) is 4.10. The molecule has 0 saturated heterocycles. The number of phenols is 1. The summed E-state index contributed by atoms with van der Waals surface area (Å²) in [5.41, 5.74) is 6.80. The molecule has 0 spiro atoms. The molecule has 0 fully saturated rings. The van der Waals surface area contributed by atoms with Gasteiger partial charge in [-0.25, -0.2) is 0 Å². The fourth-order valence-corrected chi connectivity index (χ4v) is 2.19. The molecule has 0 unspecified atom stereocenters. The molecule has 1 aliphatic heterocycles. The maximum Gasteiger partial charge on any atom is 0.205 e. The van der Waals surface area contributed by atoms with Crippen LogP contribution in [-0.2, 0) is 0 Å². The Morgan fingerprint density at radius 2 is 2.16 bits per heavy atom. The Labute approximate surface area is 109 Å². The first-order valence-electron chi connectivity index (χ1n) is 5.64. The van der Waals surface area contributed by atoms with Crippen LogP contribution in [0.25, 0.3) is 0 Å². The van der Waals surface area contributed by atoms with Crippen molar-refractivity contribution in [2.75, 3.05) is 0 Å². The minimum absolute atomic E-state index is 0.0296. The Hall–Kier alpha value is -2.87. The topological polar surface area (TPSA) is 92.4 Å². The van der Waals surface area contributed by atoms with E-state index >= 15 is 0 Å². The van der Waals surface area contributed by atoms with E-state index in [1.165, 1.54) is 18.4 Å². The van der Waals surface area contributed by atoms with E-state index in [1.807, 2.05) is 0 Å². The van der Waals surface area contributed by atoms with Crippen LogP contribution in [0.3, 0.4) is 0 Å². The van der Waals surface area contributed by atoms with E-state index in [1.54, 1.807) is 18.2 Å². The molecule has 0 bridgehead atoms. The highest BCUT2D eigenvalue weighted by molar-refractivity contribution is 5.55. The van der Waals surface area contributed by atoms with E-state index in [0.29, 0.717) is 17.1 Å². The van der Waals surface area contributed by atoms with Crippen molar-refractivity contribution in [1.82, 2.24) is 0 Å². The van der Waals surface area contributed by atoms with Crippen molar-refractivity contribution in [2.24, 2.45) is 5.73 Å². The van der Waals surface area contributed by atoms with Gasteiger partial charge in [0, 0.05) is 11.6 Å². The van der Waals surface area contributed by atoms with Crippen LogP contribution in [0.15, 0.2) is 52.5 Å². The standard InChI is InChI=1S/C14H10N2O3/c15-7-10-13(11-2-1-5-18-11)9-4-3-8(17)6-12(9)19-14(10)16/h1-6,13,17H,16H2/t13-/m0/s1. The molecule has 0 aliphatic carbocycles. The number of fused-ring (bicyclic) bond motifs is 1. The molecule has 1 aromatic carbocycles. The Kier molecular flexibility index (Phi) is 2.43. The van der Waals surface area contributed by atoms with Crippen LogP contribution in [0.4, 0.5) is 0 Å². The van der Waals surface area contributed by atoms with Crippen molar-refractivity contribution in [3.05, 3.63) is 59.4 Å². The van der Waals surface area contributed by atoms with E-state index in [2.05, 4.69) is 6.07 Å². The second-order valence-corrected chi connectivity index (χ2v) is 4.16. The quantitative estimate of drug-likeness (QED) is 0.813. The number of nitrogens with two attached hydrogens (primary N) is 1. The number of nitriles is 1. The molecular formula is C14H10N2O3. The first-order valence-corrected chi connectivity index (χ1v) is 5.64. The van der Waals surface area contributed by atoms with Gasteiger partial charge in [-0.05, 0) is 18.2 Å². The minimum atomic E-state index is -0.413. The Bertz CT molecular complexity index is 696. The average Bonchev–Trinajstić information content (AvgIpc) is 2.90. The van der Waals surface area contributed by atoms with Gasteiger partial charge in [-0.3, -0.25) is 0 Å². The van der Waals surface area contributed by atoms with Crippen molar-refractivity contribution >= 4 is 0 Å². The van der Waals surface area contributed by atoms with Crippen molar-refractivity contribution in [3.63, 3.8) is 0 Å². The number of phenolic OH excluding ortho intramolecular Hbond substituents is 1. The van der Waals surface area contributed by atoms with E-state index in [0.717, 1.165) is 5.56 Å². The number of allylic oxidation sites excluding steroid dienone is 1. The van der Waals surface area contributed by atoms with Crippen LogP contribution in [0.5, 0.6) is 11.5 Å². The van der Waals surface area contributed by atoms with Crippen LogP contribution in [0, 0.1) is 11.3 Å². The molecule has 1 aliphatic rings. The molecule has 1 atom stereocenters. The van der Waals surface area contributed by atoms with Gasteiger partial charge < -0.3 is 20.0 Å². The van der Waals surface area contributed by atoms with Crippen molar-refractivity contribution in [3.8, 4) is 17.6 Å². The van der Waals surface area contributed by atoms with Gasteiger partial charge in [0.2, 0.25) is 5.88 Å². The fourth-order valence-electron chi connectivity index (χ4n) is 2.19. The molecule has 94 valence electrons. The fraction of sp³-hybridized carbons (Fsp3) is 0.0714. The normalized spacial score (nSPS) is 17.5. The zero-order valence-corrected chi connectivity index (χ0v) is 9.83. The number of ether oxygens (including phenoxy) is 1. The predicted molar refractivity (Wildman–Crippen MR) is 66.1 cm³/mol. The molecule has 5 heteroatoms. The maximum atomic E-state index is 9.49. The summed E-state index contributed by atoms with van der Waals surface area (Å²) >= 11 is 0. The monoisotopic (exact) mass is 254 g/mol. The summed E-state index contributed by atoms with van der Waals surface area (Å²) in [6, 6.07) is 10.3. The molecule has 0 saturated carbocycles.